The zero-order chi connectivity index (χ0) is 26.6. The Balaban J connectivity index is 1.65. The molecule has 36 heavy (non-hydrogen) atoms. The molecule has 192 valence electrons. The second-order valence-corrected chi connectivity index (χ2v) is 10.4. The summed E-state index contributed by atoms with van der Waals surface area (Å²) in [6.07, 6.45) is -0.370. The second kappa shape index (κ2) is 11.8. The van der Waals surface area contributed by atoms with Crippen molar-refractivity contribution in [1.82, 2.24) is 14.8 Å². The molecule has 13 heteroatoms. The fraction of sp³-hybridized carbons (Fsp3) is 0.348. The van der Waals surface area contributed by atoms with E-state index in [-0.39, 0.29) is 33.9 Å². The summed E-state index contributed by atoms with van der Waals surface area (Å²) in [6.45, 7) is 7.08. The van der Waals surface area contributed by atoms with Crippen LogP contribution in [-0.4, -0.2) is 44.4 Å². The maximum absolute atomic E-state index is 12.7. The maximum atomic E-state index is 12.7. The van der Waals surface area contributed by atoms with Crippen LogP contribution in [0.3, 0.4) is 0 Å². The number of thiophene rings is 1. The first-order chi connectivity index (χ1) is 17.0. The van der Waals surface area contributed by atoms with E-state index in [1.165, 1.54) is 0 Å². The van der Waals surface area contributed by atoms with E-state index in [9.17, 15) is 14.4 Å². The molecule has 10 nitrogen and oxygen atoms in total. The van der Waals surface area contributed by atoms with Crippen molar-refractivity contribution in [3.8, 4) is 5.75 Å². The van der Waals surface area contributed by atoms with Crippen LogP contribution in [0.25, 0.3) is 0 Å². The lowest BCUT2D eigenvalue weighted by Crippen LogP contribution is -2.18. The zero-order valence-electron chi connectivity index (χ0n) is 20.4. The fourth-order valence-electron chi connectivity index (χ4n) is 3.10. The van der Waals surface area contributed by atoms with Gasteiger partial charge in [-0.25, -0.2) is 4.79 Å². The van der Waals surface area contributed by atoms with E-state index in [1.807, 2.05) is 13.0 Å². The van der Waals surface area contributed by atoms with Crippen molar-refractivity contribution >= 4 is 57.5 Å². The largest absolute Gasteiger partial charge is 0.486 e. The van der Waals surface area contributed by atoms with Gasteiger partial charge in [0.15, 0.2) is 11.0 Å². The van der Waals surface area contributed by atoms with E-state index < -0.39 is 17.8 Å². The minimum Gasteiger partial charge on any atom is -0.486 e. The number of nitrogens with zero attached hydrogens (tertiary/aromatic N) is 3. The number of hydrogen-bond acceptors (Lipinski definition) is 9. The highest BCUT2D eigenvalue weighted by molar-refractivity contribution is 7.99. The van der Waals surface area contributed by atoms with Gasteiger partial charge in [0.1, 0.15) is 17.4 Å². The van der Waals surface area contributed by atoms with E-state index in [0.717, 1.165) is 28.7 Å². The average molecular weight is 552 g/mol. The minimum atomic E-state index is -0.687. The molecule has 2 amide bonds. The molecule has 2 heterocycles. The number of aromatic nitrogens is 3. The number of anilines is 1. The van der Waals surface area contributed by atoms with Crippen LogP contribution in [0.5, 0.6) is 5.75 Å². The van der Waals surface area contributed by atoms with E-state index in [4.69, 9.17) is 26.8 Å². The van der Waals surface area contributed by atoms with Crippen molar-refractivity contribution in [1.29, 1.82) is 0 Å². The first-order valence-corrected chi connectivity index (χ1v) is 13.0. The molecule has 0 saturated carbocycles. The van der Waals surface area contributed by atoms with Crippen molar-refractivity contribution in [2.75, 3.05) is 11.1 Å². The molecule has 0 saturated heterocycles. The monoisotopic (exact) mass is 551 g/mol. The van der Waals surface area contributed by atoms with Crippen molar-refractivity contribution in [2.45, 2.75) is 45.6 Å². The molecular weight excluding hydrogens is 526 g/mol. The number of aryl methyl sites for hydroxylation is 1. The van der Waals surface area contributed by atoms with Crippen LogP contribution in [0.1, 0.15) is 50.8 Å². The molecule has 3 aromatic rings. The molecular formula is C23H26ClN5O5S2. The van der Waals surface area contributed by atoms with Gasteiger partial charge in [-0.05, 0) is 57.0 Å². The van der Waals surface area contributed by atoms with Crippen LogP contribution in [0.4, 0.5) is 5.00 Å². The smallest absolute Gasteiger partial charge is 0.341 e. The van der Waals surface area contributed by atoms with Gasteiger partial charge in [-0.15, -0.1) is 21.5 Å². The third-order valence-corrected chi connectivity index (χ3v) is 7.59. The number of thioether (sulfide) groups is 1. The number of halogens is 1. The van der Waals surface area contributed by atoms with Crippen molar-refractivity contribution in [3.63, 3.8) is 0 Å². The van der Waals surface area contributed by atoms with Gasteiger partial charge in [0.25, 0.3) is 5.91 Å². The summed E-state index contributed by atoms with van der Waals surface area (Å²) in [7, 11) is 1.77. The normalized spacial score (nSPS) is 11.0. The Kier molecular flexibility index (Phi) is 8.98. The van der Waals surface area contributed by atoms with Crippen LogP contribution in [-0.2, 0) is 23.2 Å². The number of esters is 1. The number of carbonyl (C=O) groups is 3. The molecule has 0 spiro atoms. The molecule has 2 aromatic heterocycles. The van der Waals surface area contributed by atoms with E-state index >= 15 is 0 Å². The molecule has 0 atom stereocenters. The predicted octanol–water partition coefficient (Wildman–Crippen LogP) is 4.12. The van der Waals surface area contributed by atoms with Gasteiger partial charge >= 0.3 is 5.97 Å². The summed E-state index contributed by atoms with van der Waals surface area (Å²) < 4.78 is 12.8. The first kappa shape index (κ1) is 27.5. The first-order valence-electron chi connectivity index (χ1n) is 10.8. The van der Waals surface area contributed by atoms with Gasteiger partial charge in [-0.3, -0.25) is 9.59 Å². The predicted molar refractivity (Wildman–Crippen MR) is 139 cm³/mol. The Morgan fingerprint density at radius 2 is 1.97 bits per heavy atom. The summed E-state index contributed by atoms with van der Waals surface area (Å²) >= 11 is 8.15. The lowest BCUT2D eigenvalue weighted by molar-refractivity contribution is -0.113. The van der Waals surface area contributed by atoms with Gasteiger partial charge in [0, 0.05) is 12.1 Å². The Morgan fingerprint density at radius 1 is 1.25 bits per heavy atom. The van der Waals surface area contributed by atoms with Crippen LogP contribution >= 0.6 is 34.7 Å². The van der Waals surface area contributed by atoms with Crippen molar-refractivity contribution in [3.05, 3.63) is 50.6 Å². The lowest BCUT2D eigenvalue weighted by Gasteiger charge is -2.10. The lowest BCUT2D eigenvalue weighted by atomic mass is 10.1. The van der Waals surface area contributed by atoms with Crippen molar-refractivity contribution in [2.24, 2.45) is 12.8 Å². The van der Waals surface area contributed by atoms with Crippen LogP contribution in [0.15, 0.2) is 23.4 Å². The molecule has 1 aromatic carbocycles. The van der Waals surface area contributed by atoms with Gasteiger partial charge in [0.05, 0.1) is 22.3 Å². The molecule has 0 unspecified atom stereocenters. The third kappa shape index (κ3) is 6.56. The summed E-state index contributed by atoms with van der Waals surface area (Å²) in [5.41, 5.74) is 6.82. The second-order valence-electron chi connectivity index (χ2n) is 8.07. The summed E-state index contributed by atoms with van der Waals surface area (Å²) in [4.78, 5) is 37.2. The Morgan fingerprint density at radius 3 is 2.61 bits per heavy atom. The average Bonchev–Trinajstić information content (AvgIpc) is 3.31. The van der Waals surface area contributed by atoms with Crippen molar-refractivity contribution < 1.29 is 23.9 Å². The highest BCUT2D eigenvalue weighted by Gasteiger charge is 2.26. The zero-order valence-corrected chi connectivity index (χ0v) is 22.8. The van der Waals surface area contributed by atoms with Crippen LogP contribution in [0, 0.1) is 13.8 Å². The Labute approximate surface area is 221 Å². The number of amides is 2. The molecule has 0 aliphatic heterocycles. The summed E-state index contributed by atoms with van der Waals surface area (Å²) in [5, 5.41) is 12.3. The fourth-order valence-corrected chi connectivity index (χ4v) is 5.01. The molecule has 0 fully saturated rings. The number of carbonyl (C=O) groups excluding carboxylic acids is 3. The molecule has 0 bridgehead atoms. The number of nitrogens with one attached hydrogen (secondary N) is 1. The molecule has 3 rings (SSSR count). The number of primary amides is 1. The van der Waals surface area contributed by atoms with E-state index in [2.05, 4.69) is 15.5 Å². The number of ether oxygens (including phenoxy) is 2. The minimum absolute atomic E-state index is 0.00920. The number of rotatable bonds is 10. The van der Waals surface area contributed by atoms with Crippen LogP contribution < -0.4 is 15.8 Å². The van der Waals surface area contributed by atoms with Crippen LogP contribution in [0.2, 0.25) is 5.02 Å². The highest BCUT2D eigenvalue weighted by atomic mass is 35.5. The van der Waals surface area contributed by atoms with Gasteiger partial charge in [-0.2, -0.15) is 0 Å². The summed E-state index contributed by atoms with van der Waals surface area (Å²) in [5.74, 6) is -0.499. The van der Waals surface area contributed by atoms with E-state index in [0.29, 0.717) is 27.3 Å². The Hall–Kier alpha value is -3.09. The summed E-state index contributed by atoms with van der Waals surface area (Å²) in [6, 6.07) is 5.37. The van der Waals surface area contributed by atoms with Gasteiger partial charge in [0.2, 0.25) is 5.91 Å². The number of benzene rings is 1. The van der Waals surface area contributed by atoms with Gasteiger partial charge < -0.3 is 25.1 Å². The standard InChI is InChI=1S/C23H26ClN5O5S2/c1-11(2)34-22(32)18-13(4)19(20(25)31)36-21(18)26-17(30)10-35-23-28-27-16(29(23)5)9-33-14-6-7-15(24)12(3)8-14/h6-8,11H,9-10H2,1-5H3,(H2,25,31)(H,26,30). The third-order valence-electron chi connectivity index (χ3n) is 4.93. The maximum Gasteiger partial charge on any atom is 0.341 e. The molecule has 0 aliphatic carbocycles. The Bertz CT molecular complexity index is 1300. The van der Waals surface area contributed by atoms with E-state index in [1.54, 1.807) is 44.5 Å². The molecule has 3 N–H and O–H groups in total. The number of hydrogen-bond donors (Lipinski definition) is 2. The quantitative estimate of drug-likeness (QED) is 0.283. The topological polar surface area (TPSA) is 138 Å². The molecule has 0 aliphatic rings. The van der Waals surface area contributed by atoms with Gasteiger partial charge in [-0.1, -0.05) is 23.4 Å². The number of nitrogens with two attached hydrogens (primary N) is 1. The highest BCUT2D eigenvalue weighted by Crippen LogP contribution is 2.34. The SMILES string of the molecule is Cc1cc(OCc2nnc(SCC(=O)Nc3sc(C(N)=O)c(C)c3C(=O)OC(C)C)n2C)ccc1Cl. The molecule has 0 radical (unpaired) electrons.